The van der Waals surface area contributed by atoms with Crippen LogP contribution in [-0.2, 0) is 0 Å². The van der Waals surface area contributed by atoms with Crippen molar-refractivity contribution in [3.05, 3.63) is 17.1 Å². The fourth-order valence-corrected chi connectivity index (χ4v) is 3.22. The summed E-state index contributed by atoms with van der Waals surface area (Å²) in [7, 11) is 0. The predicted octanol–water partition coefficient (Wildman–Crippen LogP) is 0.991. The van der Waals surface area contributed by atoms with Crippen LogP contribution in [0.5, 0.6) is 0 Å². The monoisotopic (exact) mass is 304 g/mol. The van der Waals surface area contributed by atoms with Gasteiger partial charge in [0.1, 0.15) is 17.5 Å². The van der Waals surface area contributed by atoms with Crippen LogP contribution in [-0.4, -0.2) is 39.6 Å². The first-order chi connectivity index (χ1) is 10.2. The van der Waals surface area contributed by atoms with Crippen LogP contribution >= 0.6 is 11.3 Å². The number of thiazole rings is 1. The molecule has 1 unspecified atom stereocenters. The van der Waals surface area contributed by atoms with Crippen molar-refractivity contribution in [1.29, 1.82) is 5.26 Å². The Bertz CT molecular complexity index is 659. The van der Waals surface area contributed by atoms with Gasteiger partial charge < -0.3 is 15.7 Å². The van der Waals surface area contributed by atoms with Crippen LogP contribution in [0.1, 0.15) is 18.4 Å². The summed E-state index contributed by atoms with van der Waals surface area (Å²) in [5.41, 5.74) is 6.43. The second-order valence-electron chi connectivity index (χ2n) is 5.06. The number of aliphatic hydroxyl groups is 1. The summed E-state index contributed by atoms with van der Waals surface area (Å²) in [6.45, 7) is 1.67. The van der Waals surface area contributed by atoms with E-state index in [1.165, 1.54) is 16.0 Å². The minimum Gasteiger partial charge on any atom is -0.396 e. The van der Waals surface area contributed by atoms with E-state index in [1.807, 2.05) is 10.3 Å². The van der Waals surface area contributed by atoms with Crippen molar-refractivity contribution in [2.45, 2.75) is 12.8 Å². The van der Waals surface area contributed by atoms with Crippen LogP contribution in [0.25, 0.3) is 5.13 Å². The number of nitrogen functional groups attached to an aromatic ring is 1. The van der Waals surface area contributed by atoms with E-state index in [4.69, 9.17) is 5.73 Å². The molecule has 1 aliphatic heterocycles. The maximum atomic E-state index is 9.39. The summed E-state index contributed by atoms with van der Waals surface area (Å²) in [6.07, 6.45) is 3.65. The van der Waals surface area contributed by atoms with E-state index in [2.05, 4.69) is 16.2 Å². The lowest BCUT2D eigenvalue weighted by Crippen LogP contribution is -2.37. The van der Waals surface area contributed by atoms with Crippen molar-refractivity contribution in [1.82, 2.24) is 14.8 Å². The highest BCUT2D eigenvalue weighted by atomic mass is 32.1. The molecule has 0 aliphatic carbocycles. The molecular weight excluding hydrogens is 288 g/mol. The van der Waals surface area contributed by atoms with Crippen LogP contribution < -0.4 is 10.6 Å². The van der Waals surface area contributed by atoms with E-state index in [-0.39, 0.29) is 12.5 Å². The van der Waals surface area contributed by atoms with E-state index in [0.29, 0.717) is 28.9 Å². The molecule has 0 saturated carbocycles. The molecule has 21 heavy (non-hydrogen) atoms. The van der Waals surface area contributed by atoms with Gasteiger partial charge in [-0.15, -0.1) is 16.4 Å². The molecule has 0 aromatic carbocycles. The van der Waals surface area contributed by atoms with Crippen molar-refractivity contribution in [3.8, 4) is 11.2 Å². The third kappa shape index (κ3) is 2.46. The number of aromatic nitrogens is 3. The molecule has 7 nitrogen and oxygen atoms in total. The van der Waals surface area contributed by atoms with Crippen molar-refractivity contribution < 1.29 is 5.11 Å². The number of piperidine rings is 1. The smallest absolute Gasteiger partial charge is 0.212 e. The highest BCUT2D eigenvalue weighted by molar-refractivity contribution is 7.12. The summed E-state index contributed by atoms with van der Waals surface area (Å²) in [5.74, 6) is 1.12. The SMILES string of the molecule is N#Cc1c(N2CCCC(CO)C2)nn(-c2nccs2)c1N. The lowest BCUT2D eigenvalue weighted by Gasteiger charge is -2.32. The lowest BCUT2D eigenvalue weighted by atomic mass is 9.99. The molecule has 3 N–H and O–H groups in total. The van der Waals surface area contributed by atoms with Crippen LogP contribution in [0.4, 0.5) is 11.6 Å². The van der Waals surface area contributed by atoms with Gasteiger partial charge in [0, 0.05) is 31.3 Å². The van der Waals surface area contributed by atoms with Crippen molar-refractivity contribution in [2.75, 3.05) is 30.3 Å². The summed E-state index contributed by atoms with van der Waals surface area (Å²) in [4.78, 5) is 6.21. The molecular formula is C13H16N6OS. The second kappa shape index (κ2) is 5.71. The zero-order chi connectivity index (χ0) is 14.8. The van der Waals surface area contributed by atoms with Gasteiger partial charge in [-0.25, -0.2) is 4.98 Å². The topological polar surface area (TPSA) is 104 Å². The fourth-order valence-electron chi connectivity index (χ4n) is 2.62. The molecule has 1 saturated heterocycles. The van der Waals surface area contributed by atoms with Gasteiger partial charge in [-0.3, -0.25) is 0 Å². The normalized spacial score (nSPS) is 18.7. The molecule has 110 valence electrons. The van der Waals surface area contributed by atoms with Crippen LogP contribution in [0, 0.1) is 17.2 Å². The second-order valence-corrected chi connectivity index (χ2v) is 5.93. The van der Waals surface area contributed by atoms with Gasteiger partial charge in [0.2, 0.25) is 5.13 Å². The van der Waals surface area contributed by atoms with E-state index in [1.54, 1.807) is 6.20 Å². The van der Waals surface area contributed by atoms with Gasteiger partial charge in [-0.2, -0.15) is 9.94 Å². The third-order valence-corrected chi connectivity index (χ3v) is 4.44. The number of anilines is 2. The maximum Gasteiger partial charge on any atom is 0.212 e. The Morgan fingerprint density at radius 1 is 1.57 bits per heavy atom. The van der Waals surface area contributed by atoms with Gasteiger partial charge >= 0.3 is 0 Å². The Hall–Kier alpha value is -2.11. The van der Waals surface area contributed by atoms with Crippen LogP contribution in [0.3, 0.4) is 0 Å². The van der Waals surface area contributed by atoms with Crippen molar-refractivity contribution in [3.63, 3.8) is 0 Å². The molecule has 8 heteroatoms. The minimum absolute atomic E-state index is 0.154. The van der Waals surface area contributed by atoms with E-state index in [0.717, 1.165) is 19.4 Å². The lowest BCUT2D eigenvalue weighted by molar-refractivity contribution is 0.208. The molecule has 2 aromatic rings. The first kappa shape index (κ1) is 13.9. The van der Waals surface area contributed by atoms with Gasteiger partial charge in [-0.05, 0) is 18.8 Å². The number of hydrogen-bond acceptors (Lipinski definition) is 7. The van der Waals surface area contributed by atoms with E-state index in [9.17, 15) is 10.4 Å². The molecule has 3 heterocycles. The zero-order valence-corrected chi connectivity index (χ0v) is 12.3. The minimum atomic E-state index is 0.154. The van der Waals surface area contributed by atoms with Crippen molar-refractivity contribution >= 4 is 23.0 Å². The quantitative estimate of drug-likeness (QED) is 0.876. The molecule has 2 aromatic heterocycles. The Kier molecular flexibility index (Phi) is 3.77. The average molecular weight is 304 g/mol. The molecule has 0 bridgehead atoms. The zero-order valence-electron chi connectivity index (χ0n) is 11.4. The van der Waals surface area contributed by atoms with Gasteiger partial charge in [0.25, 0.3) is 0 Å². The predicted molar refractivity (Wildman–Crippen MR) is 80.4 cm³/mol. The Balaban J connectivity index is 1.99. The summed E-state index contributed by atoms with van der Waals surface area (Å²) in [5, 5.41) is 25.7. The van der Waals surface area contributed by atoms with E-state index < -0.39 is 0 Å². The third-order valence-electron chi connectivity index (χ3n) is 3.69. The Morgan fingerprint density at radius 3 is 3.10 bits per heavy atom. The summed E-state index contributed by atoms with van der Waals surface area (Å²) < 4.78 is 1.51. The van der Waals surface area contributed by atoms with Crippen LogP contribution in [0.2, 0.25) is 0 Å². The number of aliphatic hydroxyl groups excluding tert-OH is 1. The summed E-state index contributed by atoms with van der Waals surface area (Å²) in [6, 6.07) is 2.14. The molecule has 0 radical (unpaired) electrons. The van der Waals surface area contributed by atoms with Gasteiger partial charge in [0.05, 0.1) is 0 Å². The van der Waals surface area contributed by atoms with Crippen LogP contribution in [0.15, 0.2) is 11.6 Å². The average Bonchev–Trinajstić information content (AvgIpc) is 3.14. The molecule has 0 spiro atoms. The number of nitrogens with zero attached hydrogens (tertiary/aromatic N) is 5. The first-order valence-corrected chi connectivity index (χ1v) is 7.66. The highest BCUT2D eigenvalue weighted by Gasteiger charge is 2.26. The fraction of sp³-hybridized carbons (Fsp3) is 0.462. The Labute approximate surface area is 126 Å². The first-order valence-electron chi connectivity index (χ1n) is 6.79. The molecule has 1 atom stereocenters. The molecule has 1 aliphatic rings. The number of hydrogen-bond donors (Lipinski definition) is 2. The molecule has 0 amide bonds. The largest absolute Gasteiger partial charge is 0.396 e. The molecule has 3 rings (SSSR count). The number of nitrogens with two attached hydrogens (primary N) is 1. The summed E-state index contributed by atoms with van der Waals surface area (Å²) >= 11 is 1.42. The van der Waals surface area contributed by atoms with E-state index >= 15 is 0 Å². The maximum absolute atomic E-state index is 9.39. The number of rotatable bonds is 3. The van der Waals surface area contributed by atoms with Crippen molar-refractivity contribution in [2.24, 2.45) is 5.92 Å². The number of nitriles is 1. The van der Waals surface area contributed by atoms with Gasteiger partial charge in [0.15, 0.2) is 5.82 Å². The standard InChI is InChI=1S/C13H16N6OS/c14-6-10-11(15)19(13-16-3-5-21-13)17-12(10)18-4-1-2-9(7-18)8-20/h3,5,9,20H,1-2,4,7-8,15H2. The Morgan fingerprint density at radius 2 is 2.43 bits per heavy atom. The van der Waals surface area contributed by atoms with Gasteiger partial charge in [-0.1, -0.05) is 0 Å². The highest BCUT2D eigenvalue weighted by Crippen LogP contribution is 2.30. The molecule has 1 fully saturated rings.